The zero-order valence-corrected chi connectivity index (χ0v) is 8.71. The summed E-state index contributed by atoms with van der Waals surface area (Å²) in [5, 5.41) is 10.3. The molecule has 2 rings (SSSR count). The van der Waals surface area contributed by atoms with Crippen LogP contribution in [0.3, 0.4) is 0 Å². The number of fused-ring (bicyclic) bond motifs is 1. The van der Waals surface area contributed by atoms with E-state index in [2.05, 4.69) is 12.5 Å². The van der Waals surface area contributed by atoms with Gasteiger partial charge in [-0.3, -0.25) is 0 Å². The monoisotopic (exact) mass is 192 g/mol. The molecule has 14 heavy (non-hydrogen) atoms. The lowest BCUT2D eigenvalue weighted by molar-refractivity contribution is 0.000317. The summed E-state index contributed by atoms with van der Waals surface area (Å²) in [6.07, 6.45) is 7.02. The highest BCUT2D eigenvalue weighted by molar-refractivity contribution is 5.30. The Hall–Kier alpha value is -0.780. The Kier molecular flexibility index (Phi) is 1.83. The summed E-state index contributed by atoms with van der Waals surface area (Å²) in [6, 6.07) is 0. The van der Waals surface area contributed by atoms with Gasteiger partial charge in [-0.25, -0.2) is 0 Å². The van der Waals surface area contributed by atoms with Crippen LogP contribution in [0.2, 0.25) is 0 Å². The smallest absolute Gasteiger partial charge is 0.156 e. The van der Waals surface area contributed by atoms with Crippen molar-refractivity contribution >= 4 is 0 Å². The molecule has 4 atom stereocenters. The van der Waals surface area contributed by atoms with E-state index in [1.165, 1.54) is 0 Å². The van der Waals surface area contributed by atoms with Gasteiger partial charge in [0.2, 0.25) is 0 Å². The molecule has 0 aromatic carbocycles. The van der Waals surface area contributed by atoms with Gasteiger partial charge in [0, 0.05) is 0 Å². The van der Waals surface area contributed by atoms with Crippen molar-refractivity contribution in [2.24, 2.45) is 5.92 Å². The molecule has 1 aliphatic heterocycles. The standard InChI is InChI=1S/C12H16O2/c1-5-12(13)7-9(8(2)3)6-10-11(12,4)14-10/h1,9-10,13H,2,6-7H2,3-4H3/t9-,10-,11-,12-/m1/s1. The fraction of sp³-hybridized carbons (Fsp3) is 0.667. The Morgan fingerprint density at radius 2 is 2.36 bits per heavy atom. The van der Waals surface area contributed by atoms with Crippen molar-refractivity contribution in [3.05, 3.63) is 12.2 Å². The van der Waals surface area contributed by atoms with E-state index < -0.39 is 11.2 Å². The maximum Gasteiger partial charge on any atom is 0.156 e. The van der Waals surface area contributed by atoms with Crippen molar-refractivity contribution in [2.75, 3.05) is 0 Å². The van der Waals surface area contributed by atoms with Crippen molar-refractivity contribution in [1.29, 1.82) is 0 Å². The minimum Gasteiger partial charge on any atom is -0.374 e. The molecule has 0 spiro atoms. The fourth-order valence-corrected chi connectivity index (χ4v) is 2.38. The maximum absolute atomic E-state index is 10.3. The first-order valence-corrected chi connectivity index (χ1v) is 4.96. The lowest BCUT2D eigenvalue weighted by Gasteiger charge is -2.35. The van der Waals surface area contributed by atoms with Crippen LogP contribution in [-0.4, -0.2) is 22.4 Å². The van der Waals surface area contributed by atoms with Crippen LogP contribution in [-0.2, 0) is 4.74 Å². The Morgan fingerprint density at radius 3 is 2.86 bits per heavy atom. The van der Waals surface area contributed by atoms with Crippen LogP contribution in [0.4, 0.5) is 0 Å². The van der Waals surface area contributed by atoms with Crippen LogP contribution in [0, 0.1) is 18.3 Å². The molecule has 2 aliphatic rings. The van der Waals surface area contributed by atoms with E-state index in [0.29, 0.717) is 6.42 Å². The van der Waals surface area contributed by atoms with E-state index >= 15 is 0 Å². The third-order valence-corrected chi connectivity index (χ3v) is 3.74. The van der Waals surface area contributed by atoms with Crippen molar-refractivity contribution < 1.29 is 9.84 Å². The summed E-state index contributed by atoms with van der Waals surface area (Å²) in [5.41, 5.74) is -0.538. The number of epoxide rings is 1. The van der Waals surface area contributed by atoms with E-state index in [0.717, 1.165) is 12.0 Å². The number of aliphatic hydroxyl groups is 1. The highest BCUT2D eigenvalue weighted by Gasteiger charge is 2.68. The number of hydrogen-bond donors (Lipinski definition) is 1. The average Bonchev–Trinajstić information content (AvgIpc) is 2.78. The quantitative estimate of drug-likeness (QED) is 0.388. The summed E-state index contributed by atoms with van der Waals surface area (Å²) in [4.78, 5) is 0. The average molecular weight is 192 g/mol. The van der Waals surface area contributed by atoms with Gasteiger partial charge in [0.1, 0.15) is 5.60 Å². The maximum atomic E-state index is 10.3. The van der Waals surface area contributed by atoms with Crippen LogP contribution in [0.1, 0.15) is 26.7 Å². The number of hydrogen-bond acceptors (Lipinski definition) is 2. The third kappa shape index (κ3) is 1.06. The topological polar surface area (TPSA) is 32.8 Å². The summed E-state index contributed by atoms with van der Waals surface area (Å²) in [7, 11) is 0. The van der Waals surface area contributed by atoms with Crippen LogP contribution in [0.5, 0.6) is 0 Å². The van der Waals surface area contributed by atoms with Gasteiger partial charge in [0.15, 0.2) is 5.60 Å². The van der Waals surface area contributed by atoms with E-state index in [9.17, 15) is 5.11 Å². The van der Waals surface area contributed by atoms with Crippen molar-refractivity contribution in [2.45, 2.75) is 44.0 Å². The number of rotatable bonds is 1. The molecule has 0 aromatic heterocycles. The third-order valence-electron chi connectivity index (χ3n) is 3.74. The molecule has 0 amide bonds. The molecule has 76 valence electrons. The van der Waals surface area contributed by atoms with Crippen molar-refractivity contribution in [3.63, 3.8) is 0 Å². The number of allylic oxidation sites excluding steroid dienone is 1. The van der Waals surface area contributed by atoms with Gasteiger partial charge in [-0.15, -0.1) is 6.42 Å². The summed E-state index contributed by atoms with van der Waals surface area (Å²) < 4.78 is 5.52. The molecule has 0 unspecified atom stereocenters. The fourth-order valence-electron chi connectivity index (χ4n) is 2.38. The predicted molar refractivity (Wildman–Crippen MR) is 54.6 cm³/mol. The molecule has 2 heteroatoms. The van der Waals surface area contributed by atoms with Crippen molar-refractivity contribution in [3.8, 4) is 12.3 Å². The Labute approximate surface area is 85.0 Å². The van der Waals surface area contributed by atoms with Gasteiger partial charge in [0.05, 0.1) is 6.10 Å². The van der Waals surface area contributed by atoms with Gasteiger partial charge >= 0.3 is 0 Å². The zero-order valence-electron chi connectivity index (χ0n) is 8.71. The van der Waals surface area contributed by atoms with Crippen LogP contribution < -0.4 is 0 Å². The van der Waals surface area contributed by atoms with E-state index in [4.69, 9.17) is 11.2 Å². The molecule has 1 heterocycles. The zero-order chi connectivity index (χ0) is 10.6. The normalized spacial score (nSPS) is 50.4. The molecule has 1 saturated carbocycles. The molecule has 0 radical (unpaired) electrons. The first-order valence-electron chi connectivity index (χ1n) is 4.96. The van der Waals surface area contributed by atoms with Crippen LogP contribution >= 0.6 is 0 Å². The van der Waals surface area contributed by atoms with Crippen molar-refractivity contribution in [1.82, 2.24) is 0 Å². The summed E-state index contributed by atoms with van der Waals surface area (Å²) in [5.74, 6) is 2.78. The first kappa shape index (κ1) is 9.76. The molecule has 0 bridgehead atoms. The molecule has 0 aromatic rings. The predicted octanol–water partition coefficient (Wildman–Crippen LogP) is 1.49. The van der Waals surface area contributed by atoms with Gasteiger partial charge in [-0.1, -0.05) is 18.1 Å². The van der Waals surface area contributed by atoms with Gasteiger partial charge in [-0.05, 0) is 32.6 Å². The Bertz CT molecular complexity index is 328. The highest BCUT2D eigenvalue weighted by Crippen LogP contribution is 2.55. The number of terminal acetylenes is 1. The molecule has 2 fully saturated rings. The summed E-state index contributed by atoms with van der Waals surface area (Å²) in [6.45, 7) is 7.79. The Balaban J connectivity index is 2.25. The van der Waals surface area contributed by atoms with Crippen LogP contribution in [0.25, 0.3) is 0 Å². The Morgan fingerprint density at radius 1 is 1.71 bits per heavy atom. The van der Waals surface area contributed by atoms with Gasteiger partial charge in [0.25, 0.3) is 0 Å². The second-order valence-electron chi connectivity index (χ2n) is 4.70. The van der Waals surface area contributed by atoms with Crippen LogP contribution in [0.15, 0.2) is 12.2 Å². The second-order valence-corrected chi connectivity index (χ2v) is 4.70. The van der Waals surface area contributed by atoms with E-state index in [-0.39, 0.29) is 12.0 Å². The second kappa shape index (κ2) is 2.62. The summed E-state index contributed by atoms with van der Waals surface area (Å²) >= 11 is 0. The minimum absolute atomic E-state index is 0.110. The van der Waals surface area contributed by atoms with Gasteiger partial charge in [-0.2, -0.15) is 0 Å². The molecule has 2 nitrogen and oxygen atoms in total. The molecular weight excluding hydrogens is 176 g/mol. The van der Waals surface area contributed by atoms with Gasteiger partial charge < -0.3 is 9.84 Å². The highest BCUT2D eigenvalue weighted by atomic mass is 16.6. The molecule has 1 aliphatic carbocycles. The number of ether oxygens (including phenoxy) is 1. The van der Waals surface area contributed by atoms with E-state index in [1.807, 2.05) is 13.8 Å². The largest absolute Gasteiger partial charge is 0.374 e. The molecule has 1 saturated heterocycles. The molecule has 1 N–H and O–H groups in total. The van der Waals surface area contributed by atoms with E-state index in [1.54, 1.807) is 0 Å². The SMILES string of the molecule is C#C[C@@]1(O)C[C@H](C(=C)C)C[C@H]2O[C@]21C. The lowest BCUT2D eigenvalue weighted by Crippen LogP contribution is -2.48. The minimum atomic E-state index is -1.11. The lowest BCUT2D eigenvalue weighted by atomic mass is 9.70. The first-order chi connectivity index (χ1) is 6.43. The molecular formula is C12H16O2.